The number of nitrogens with zero attached hydrogens (tertiary/aromatic N) is 3. The van der Waals surface area contributed by atoms with E-state index < -0.39 is 0 Å². The summed E-state index contributed by atoms with van der Waals surface area (Å²) in [5, 5.41) is 3.38. The molecular formula is C22H18Cl2N4OS. The minimum Gasteiger partial charge on any atom is -0.367 e. The summed E-state index contributed by atoms with van der Waals surface area (Å²) >= 11 is 13.9. The zero-order valence-corrected chi connectivity index (χ0v) is 18.3. The van der Waals surface area contributed by atoms with Gasteiger partial charge in [-0.3, -0.25) is 9.78 Å². The lowest BCUT2D eigenvalue weighted by Crippen LogP contribution is -2.47. The van der Waals surface area contributed by atoms with Crippen LogP contribution in [0.4, 0.5) is 11.6 Å². The molecule has 3 heterocycles. The Bertz CT molecular complexity index is 1280. The van der Waals surface area contributed by atoms with Crippen LogP contribution in [0.25, 0.3) is 21.3 Å². The topological polar surface area (TPSA) is 52.2 Å². The average Bonchev–Trinajstić information content (AvgIpc) is 3.19. The normalized spacial score (nSPS) is 14.5. The van der Waals surface area contributed by atoms with Crippen molar-refractivity contribution in [1.29, 1.82) is 0 Å². The molecule has 1 aliphatic heterocycles. The second-order valence-corrected chi connectivity index (χ2v) is 8.88. The number of rotatable bonds is 3. The van der Waals surface area contributed by atoms with Crippen molar-refractivity contribution in [2.45, 2.75) is 0 Å². The summed E-state index contributed by atoms with van der Waals surface area (Å²) in [7, 11) is 0. The molecule has 0 spiro atoms. The molecular weight excluding hydrogens is 439 g/mol. The SMILES string of the molecule is O=c1[nH]c(N2CCN(c3ccccc3Cl)CC2)nc2c(-c3cccc(Cl)c3)csc12. The van der Waals surface area contributed by atoms with Crippen LogP contribution < -0.4 is 15.4 Å². The fourth-order valence-electron chi connectivity index (χ4n) is 3.79. The number of benzene rings is 2. The van der Waals surface area contributed by atoms with E-state index in [1.54, 1.807) is 0 Å². The maximum atomic E-state index is 12.7. The van der Waals surface area contributed by atoms with E-state index in [0.29, 0.717) is 15.7 Å². The molecule has 0 aliphatic carbocycles. The first-order chi connectivity index (χ1) is 14.6. The predicted octanol–water partition coefficient (Wildman–Crippen LogP) is 5.29. The van der Waals surface area contributed by atoms with Crippen LogP contribution in [0.3, 0.4) is 0 Å². The lowest BCUT2D eigenvalue weighted by molar-refractivity contribution is 0.640. The highest BCUT2D eigenvalue weighted by molar-refractivity contribution is 7.17. The molecule has 2 aromatic heterocycles. The Kier molecular flexibility index (Phi) is 5.15. The van der Waals surface area contributed by atoms with Crippen LogP contribution in [0.5, 0.6) is 0 Å². The Balaban J connectivity index is 1.45. The number of hydrogen-bond donors (Lipinski definition) is 1. The van der Waals surface area contributed by atoms with Gasteiger partial charge in [-0.1, -0.05) is 47.5 Å². The van der Waals surface area contributed by atoms with Crippen molar-refractivity contribution in [3.05, 3.63) is 74.3 Å². The monoisotopic (exact) mass is 456 g/mol. The molecule has 1 fully saturated rings. The van der Waals surface area contributed by atoms with Gasteiger partial charge in [0.2, 0.25) is 5.95 Å². The molecule has 1 aliphatic rings. The first-order valence-electron chi connectivity index (χ1n) is 9.62. The van der Waals surface area contributed by atoms with Crippen LogP contribution in [-0.4, -0.2) is 36.1 Å². The van der Waals surface area contributed by atoms with Crippen molar-refractivity contribution in [2.24, 2.45) is 0 Å². The lowest BCUT2D eigenvalue weighted by Gasteiger charge is -2.36. The van der Waals surface area contributed by atoms with E-state index >= 15 is 0 Å². The molecule has 1 N–H and O–H groups in total. The standard InChI is InChI=1S/C22H18Cl2N4OS/c23-15-5-3-4-14(12-15)16-13-30-20-19(16)25-22(26-21(20)29)28-10-8-27(9-11-28)18-7-2-1-6-17(18)24/h1-7,12-13H,8-11H2,(H,25,26,29). The van der Waals surface area contributed by atoms with Crippen LogP contribution in [0.15, 0.2) is 58.7 Å². The van der Waals surface area contributed by atoms with E-state index in [4.69, 9.17) is 28.2 Å². The van der Waals surface area contributed by atoms with Gasteiger partial charge in [0.05, 0.1) is 16.2 Å². The van der Waals surface area contributed by atoms with Crippen molar-refractivity contribution < 1.29 is 0 Å². The van der Waals surface area contributed by atoms with Crippen molar-refractivity contribution >= 4 is 56.4 Å². The molecule has 2 aromatic carbocycles. The first kappa shape index (κ1) is 19.4. The van der Waals surface area contributed by atoms with Gasteiger partial charge in [-0.05, 0) is 29.8 Å². The first-order valence-corrected chi connectivity index (χ1v) is 11.3. The number of nitrogens with one attached hydrogen (secondary N) is 1. The summed E-state index contributed by atoms with van der Waals surface area (Å²) in [5.41, 5.74) is 3.54. The van der Waals surface area contributed by atoms with E-state index in [2.05, 4.69) is 14.8 Å². The Morgan fingerprint density at radius 3 is 2.50 bits per heavy atom. The van der Waals surface area contributed by atoms with Crippen molar-refractivity contribution in [1.82, 2.24) is 9.97 Å². The van der Waals surface area contributed by atoms with Crippen molar-refractivity contribution in [2.75, 3.05) is 36.0 Å². The fraction of sp³-hybridized carbons (Fsp3) is 0.182. The molecule has 30 heavy (non-hydrogen) atoms. The molecule has 4 aromatic rings. The summed E-state index contributed by atoms with van der Waals surface area (Å²) in [6, 6.07) is 15.5. The Labute approximate surface area is 187 Å². The zero-order valence-electron chi connectivity index (χ0n) is 15.9. The predicted molar refractivity (Wildman–Crippen MR) is 127 cm³/mol. The van der Waals surface area contributed by atoms with E-state index in [0.717, 1.165) is 53.5 Å². The smallest absolute Gasteiger partial charge is 0.270 e. The minimum atomic E-state index is -0.109. The van der Waals surface area contributed by atoms with Gasteiger partial charge in [0.25, 0.3) is 5.56 Å². The number of halogens is 2. The summed E-state index contributed by atoms with van der Waals surface area (Å²) in [6.07, 6.45) is 0. The van der Waals surface area contributed by atoms with E-state index in [9.17, 15) is 4.79 Å². The number of piperazine rings is 1. The molecule has 0 bridgehead atoms. The molecule has 0 unspecified atom stereocenters. The summed E-state index contributed by atoms with van der Waals surface area (Å²) < 4.78 is 0.628. The number of H-pyrrole nitrogens is 1. The van der Waals surface area contributed by atoms with Crippen LogP contribution >= 0.6 is 34.5 Å². The Morgan fingerprint density at radius 2 is 1.73 bits per heavy atom. The zero-order chi connectivity index (χ0) is 20.7. The summed E-state index contributed by atoms with van der Waals surface area (Å²) in [6.45, 7) is 3.10. The lowest BCUT2D eigenvalue weighted by atomic mass is 10.1. The number of thiophene rings is 1. The van der Waals surface area contributed by atoms with Crippen molar-refractivity contribution in [3.8, 4) is 11.1 Å². The van der Waals surface area contributed by atoms with Gasteiger partial charge in [0.15, 0.2) is 0 Å². The molecule has 1 saturated heterocycles. The van der Waals surface area contributed by atoms with Gasteiger partial charge < -0.3 is 9.80 Å². The highest BCUT2D eigenvalue weighted by atomic mass is 35.5. The third-order valence-electron chi connectivity index (χ3n) is 5.32. The fourth-order valence-corrected chi connectivity index (χ4v) is 5.15. The van der Waals surface area contributed by atoms with Gasteiger partial charge >= 0.3 is 0 Å². The van der Waals surface area contributed by atoms with Crippen LogP contribution in [-0.2, 0) is 0 Å². The quantitative estimate of drug-likeness (QED) is 0.455. The summed E-state index contributed by atoms with van der Waals surface area (Å²) in [5.74, 6) is 0.605. The van der Waals surface area contributed by atoms with Crippen LogP contribution in [0, 0.1) is 0 Å². The molecule has 5 rings (SSSR count). The number of aromatic nitrogens is 2. The van der Waals surface area contributed by atoms with E-state index in [-0.39, 0.29) is 5.56 Å². The van der Waals surface area contributed by atoms with Gasteiger partial charge in [-0.2, -0.15) is 0 Å². The maximum absolute atomic E-state index is 12.7. The number of anilines is 2. The molecule has 0 radical (unpaired) electrons. The molecule has 0 saturated carbocycles. The van der Waals surface area contributed by atoms with Gasteiger partial charge in [0, 0.05) is 42.1 Å². The molecule has 8 heteroatoms. The van der Waals surface area contributed by atoms with Crippen molar-refractivity contribution in [3.63, 3.8) is 0 Å². The summed E-state index contributed by atoms with van der Waals surface area (Å²) in [4.78, 5) is 24.9. The molecule has 0 atom stereocenters. The highest BCUT2D eigenvalue weighted by Gasteiger charge is 2.22. The number of fused-ring (bicyclic) bond motifs is 1. The maximum Gasteiger partial charge on any atom is 0.270 e. The van der Waals surface area contributed by atoms with Gasteiger partial charge in [-0.25, -0.2) is 4.98 Å². The average molecular weight is 457 g/mol. The largest absolute Gasteiger partial charge is 0.367 e. The van der Waals surface area contributed by atoms with Gasteiger partial charge in [0.1, 0.15) is 4.70 Å². The molecule has 5 nitrogen and oxygen atoms in total. The molecule has 152 valence electrons. The van der Waals surface area contributed by atoms with Crippen LogP contribution in [0.2, 0.25) is 10.0 Å². The Hall–Kier alpha value is -2.54. The van der Waals surface area contributed by atoms with Crippen LogP contribution in [0.1, 0.15) is 0 Å². The number of aromatic amines is 1. The second kappa shape index (κ2) is 7.95. The minimum absolute atomic E-state index is 0.109. The number of hydrogen-bond acceptors (Lipinski definition) is 5. The highest BCUT2D eigenvalue weighted by Crippen LogP contribution is 2.33. The van der Waals surface area contributed by atoms with E-state index in [1.165, 1.54) is 11.3 Å². The number of para-hydroxylation sites is 1. The third-order valence-corrected chi connectivity index (χ3v) is 6.84. The third kappa shape index (κ3) is 3.55. The molecule has 0 amide bonds. The van der Waals surface area contributed by atoms with Gasteiger partial charge in [-0.15, -0.1) is 11.3 Å². The van der Waals surface area contributed by atoms with E-state index in [1.807, 2.05) is 53.9 Å². The second-order valence-electron chi connectivity index (χ2n) is 7.15. The Morgan fingerprint density at radius 1 is 0.967 bits per heavy atom.